The predicted octanol–water partition coefficient (Wildman–Crippen LogP) is 1.61. The molecule has 4 heteroatoms. The van der Waals surface area contributed by atoms with E-state index in [4.69, 9.17) is 9.68 Å². The molecule has 0 rings (SSSR count). The summed E-state index contributed by atoms with van der Waals surface area (Å²) >= 11 is 0. The van der Waals surface area contributed by atoms with Gasteiger partial charge in [-0.1, -0.05) is 11.9 Å². The molecule has 0 unspecified atom stereocenters. The average molecular weight is 163 g/mol. The Balaban J connectivity index is 3.79. The van der Waals surface area contributed by atoms with Crippen LogP contribution in [0.2, 0.25) is 0 Å². The molecule has 0 aliphatic carbocycles. The van der Waals surface area contributed by atoms with Crippen molar-refractivity contribution in [1.29, 1.82) is 0 Å². The monoisotopic (exact) mass is 163 g/mol. The van der Waals surface area contributed by atoms with Gasteiger partial charge in [-0.3, -0.25) is 0 Å². The summed E-state index contributed by atoms with van der Waals surface area (Å²) in [6.07, 6.45) is 0.753. The van der Waals surface area contributed by atoms with Crippen molar-refractivity contribution < 1.29 is 14.6 Å². The standard InChI is InChI=1S/C7H17NO3/c1-4-7-8(9,10-5-2)11-6-3/h4-7H2,1-3H3. The van der Waals surface area contributed by atoms with Crippen molar-refractivity contribution in [3.05, 3.63) is 5.21 Å². The van der Waals surface area contributed by atoms with Crippen LogP contribution in [0.4, 0.5) is 0 Å². The molecule has 0 aliphatic rings. The van der Waals surface area contributed by atoms with E-state index >= 15 is 0 Å². The van der Waals surface area contributed by atoms with E-state index in [0.29, 0.717) is 19.8 Å². The van der Waals surface area contributed by atoms with E-state index in [9.17, 15) is 5.21 Å². The van der Waals surface area contributed by atoms with Gasteiger partial charge in [0.2, 0.25) is 0 Å². The van der Waals surface area contributed by atoms with Crippen LogP contribution in [0.3, 0.4) is 0 Å². The second kappa shape index (κ2) is 5.49. The van der Waals surface area contributed by atoms with E-state index in [1.807, 2.05) is 6.92 Å². The van der Waals surface area contributed by atoms with Gasteiger partial charge in [-0.2, -0.15) is 9.68 Å². The Morgan fingerprint density at radius 3 is 1.82 bits per heavy atom. The van der Waals surface area contributed by atoms with E-state index in [1.165, 1.54) is 0 Å². The fourth-order valence-corrected chi connectivity index (χ4v) is 0.834. The Morgan fingerprint density at radius 1 is 1.09 bits per heavy atom. The van der Waals surface area contributed by atoms with Gasteiger partial charge < -0.3 is 5.21 Å². The van der Waals surface area contributed by atoms with Crippen molar-refractivity contribution in [2.45, 2.75) is 27.2 Å². The highest BCUT2D eigenvalue weighted by Crippen LogP contribution is 2.07. The van der Waals surface area contributed by atoms with Crippen molar-refractivity contribution in [2.75, 3.05) is 19.8 Å². The normalized spacial score (nSPS) is 12.0. The Labute approximate surface area is 67.8 Å². The summed E-state index contributed by atoms with van der Waals surface area (Å²) < 4.78 is 0. The van der Waals surface area contributed by atoms with Crippen LogP contribution in [-0.4, -0.2) is 24.7 Å². The zero-order valence-electron chi connectivity index (χ0n) is 7.50. The summed E-state index contributed by atoms with van der Waals surface area (Å²) in [5, 5.41) is 11.4. The van der Waals surface area contributed by atoms with Crippen LogP contribution in [0.15, 0.2) is 0 Å². The third kappa shape index (κ3) is 4.31. The molecule has 0 fully saturated rings. The molecular weight excluding hydrogens is 146 g/mol. The van der Waals surface area contributed by atoms with E-state index in [1.54, 1.807) is 13.8 Å². The van der Waals surface area contributed by atoms with Gasteiger partial charge in [0.05, 0.1) is 0 Å². The third-order valence-corrected chi connectivity index (χ3v) is 1.15. The molecule has 0 bridgehead atoms. The minimum Gasteiger partial charge on any atom is -0.564 e. The third-order valence-electron chi connectivity index (χ3n) is 1.15. The van der Waals surface area contributed by atoms with Gasteiger partial charge >= 0.3 is 0 Å². The van der Waals surface area contributed by atoms with Crippen molar-refractivity contribution in [2.24, 2.45) is 0 Å². The molecule has 0 atom stereocenters. The van der Waals surface area contributed by atoms with Crippen LogP contribution >= 0.6 is 0 Å². The number of hydroxylamine groups is 3. The summed E-state index contributed by atoms with van der Waals surface area (Å²) in [5.74, 6) is 0. The first kappa shape index (κ1) is 10.8. The van der Waals surface area contributed by atoms with Crippen LogP contribution in [0.5, 0.6) is 0 Å². The highest BCUT2D eigenvalue weighted by molar-refractivity contribution is 4.22. The summed E-state index contributed by atoms with van der Waals surface area (Å²) in [6, 6.07) is 0. The lowest BCUT2D eigenvalue weighted by Gasteiger charge is -2.34. The molecule has 0 aromatic heterocycles. The van der Waals surface area contributed by atoms with E-state index in [0.717, 1.165) is 6.42 Å². The van der Waals surface area contributed by atoms with E-state index < -0.39 is 4.97 Å². The topological polar surface area (TPSA) is 41.5 Å². The second-order valence-electron chi connectivity index (χ2n) is 2.17. The van der Waals surface area contributed by atoms with Gasteiger partial charge in [0.25, 0.3) is 0 Å². The zero-order valence-corrected chi connectivity index (χ0v) is 7.50. The average Bonchev–Trinajstić information content (AvgIpc) is 1.88. The molecule has 68 valence electrons. The van der Waals surface area contributed by atoms with Gasteiger partial charge in [-0.05, 0) is 13.8 Å². The molecule has 0 saturated heterocycles. The predicted molar refractivity (Wildman–Crippen MR) is 42.0 cm³/mol. The number of nitrogens with zero attached hydrogens (tertiary/aromatic N) is 1. The highest BCUT2D eigenvalue weighted by Gasteiger charge is 2.17. The number of hydrogen-bond acceptors (Lipinski definition) is 3. The Hall–Kier alpha value is -0.160. The van der Waals surface area contributed by atoms with E-state index in [2.05, 4.69) is 0 Å². The van der Waals surface area contributed by atoms with Crippen LogP contribution in [0, 0.1) is 5.21 Å². The van der Waals surface area contributed by atoms with Crippen molar-refractivity contribution in [3.63, 3.8) is 0 Å². The van der Waals surface area contributed by atoms with Crippen molar-refractivity contribution in [1.82, 2.24) is 0 Å². The smallest absolute Gasteiger partial charge is 0.142 e. The lowest BCUT2D eigenvalue weighted by Crippen LogP contribution is -2.42. The quantitative estimate of drug-likeness (QED) is 0.441. The molecule has 0 radical (unpaired) electrons. The maximum Gasteiger partial charge on any atom is 0.142 e. The van der Waals surface area contributed by atoms with Gasteiger partial charge in [-0.25, -0.2) is 0 Å². The van der Waals surface area contributed by atoms with Gasteiger partial charge in [-0.15, -0.1) is 0 Å². The van der Waals surface area contributed by atoms with Crippen LogP contribution in [-0.2, 0) is 9.68 Å². The molecule has 0 aromatic rings. The van der Waals surface area contributed by atoms with Crippen molar-refractivity contribution in [3.8, 4) is 0 Å². The molecule has 0 spiro atoms. The maximum atomic E-state index is 11.4. The zero-order chi connectivity index (χ0) is 8.74. The Bertz CT molecular complexity index is 80.7. The molecule has 0 saturated carbocycles. The van der Waals surface area contributed by atoms with Gasteiger partial charge in [0.1, 0.15) is 19.8 Å². The number of quaternary nitrogens is 1. The summed E-state index contributed by atoms with van der Waals surface area (Å²) in [7, 11) is 0. The van der Waals surface area contributed by atoms with Gasteiger partial charge in [0, 0.05) is 6.42 Å². The fraction of sp³-hybridized carbons (Fsp3) is 1.00. The molecule has 0 amide bonds. The number of hydrogen-bond donors (Lipinski definition) is 0. The Morgan fingerprint density at radius 2 is 1.55 bits per heavy atom. The minimum absolute atomic E-state index is 0.349. The number of rotatable bonds is 6. The second-order valence-corrected chi connectivity index (χ2v) is 2.17. The SMILES string of the molecule is CCC[N+]([O-])(OCC)OCC. The fourth-order valence-electron chi connectivity index (χ4n) is 0.834. The Kier molecular flexibility index (Phi) is 5.41. The van der Waals surface area contributed by atoms with Crippen LogP contribution < -0.4 is 0 Å². The van der Waals surface area contributed by atoms with Gasteiger partial charge in [0.15, 0.2) is 0 Å². The van der Waals surface area contributed by atoms with E-state index in [-0.39, 0.29) is 0 Å². The van der Waals surface area contributed by atoms with Crippen LogP contribution in [0.25, 0.3) is 0 Å². The lowest BCUT2D eigenvalue weighted by molar-refractivity contribution is -1.21. The molecule has 0 N–H and O–H groups in total. The first-order valence-corrected chi connectivity index (χ1v) is 4.06. The molecular formula is C7H17NO3. The first-order chi connectivity index (χ1) is 5.18. The molecule has 4 nitrogen and oxygen atoms in total. The first-order valence-electron chi connectivity index (χ1n) is 4.06. The summed E-state index contributed by atoms with van der Waals surface area (Å²) in [4.78, 5) is 8.77. The molecule has 0 aromatic carbocycles. The summed E-state index contributed by atoms with van der Waals surface area (Å²) in [6.45, 7) is 6.58. The maximum absolute atomic E-state index is 11.4. The van der Waals surface area contributed by atoms with Crippen LogP contribution in [0.1, 0.15) is 27.2 Å². The highest BCUT2D eigenvalue weighted by atomic mass is 17.2. The lowest BCUT2D eigenvalue weighted by atomic mass is 10.5. The largest absolute Gasteiger partial charge is 0.564 e. The van der Waals surface area contributed by atoms with Crippen molar-refractivity contribution >= 4 is 0 Å². The minimum atomic E-state index is -0.969. The molecule has 0 heterocycles. The molecule has 0 aliphatic heterocycles. The molecule has 11 heavy (non-hydrogen) atoms. The summed E-state index contributed by atoms with van der Waals surface area (Å²) in [5.41, 5.74) is 0.